The highest BCUT2D eigenvalue weighted by atomic mass is 32.1. The Hall–Kier alpha value is -1.33. The number of hydrogen-bond donors (Lipinski definition) is 2. The number of nitrogens with two attached hydrogens (primary N) is 1. The summed E-state index contributed by atoms with van der Waals surface area (Å²) < 4.78 is 1.14. The molecule has 1 aromatic heterocycles. The number of nitrogens with one attached hydrogen (secondary N) is 1. The molecule has 0 aliphatic rings. The van der Waals surface area contributed by atoms with Gasteiger partial charge in [-0.05, 0) is 32.5 Å². The first-order valence-corrected chi connectivity index (χ1v) is 7.57. The van der Waals surface area contributed by atoms with E-state index in [-0.39, 0.29) is 0 Å². The topological polar surface area (TPSA) is 54.2 Å². The molecule has 0 spiro atoms. The smallest absolute Gasteiger partial charge is 0.106 e. The number of anilines is 2. The predicted molar refractivity (Wildman–Crippen MR) is 84.9 cm³/mol. The fourth-order valence-electron chi connectivity index (χ4n) is 2.01. The van der Waals surface area contributed by atoms with Crippen molar-refractivity contribution in [2.45, 2.75) is 26.3 Å². The van der Waals surface area contributed by atoms with Crippen LogP contribution in [0.4, 0.5) is 11.4 Å². The number of rotatable bonds is 6. The first-order valence-electron chi connectivity index (χ1n) is 6.69. The summed E-state index contributed by atoms with van der Waals surface area (Å²) in [6.07, 6.45) is 1.17. The number of fused-ring (bicyclic) bond motifs is 1. The molecule has 3 N–H and O–H groups in total. The van der Waals surface area contributed by atoms with E-state index in [9.17, 15) is 0 Å². The van der Waals surface area contributed by atoms with E-state index in [0.717, 1.165) is 34.7 Å². The largest absolute Gasteiger partial charge is 0.395 e. The van der Waals surface area contributed by atoms with E-state index in [1.54, 1.807) is 11.3 Å². The van der Waals surface area contributed by atoms with E-state index in [4.69, 9.17) is 5.73 Å². The van der Waals surface area contributed by atoms with Crippen LogP contribution in [-0.2, 0) is 0 Å². The number of thiazole rings is 1. The molecular weight excluding hydrogens is 256 g/mol. The summed E-state index contributed by atoms with van der Waals surface area (Å²) in [6, 6.07) is 4.73. The maximum Gasteiger partial charge on any atom is 0.106 e. The average molecular weight is 278 g/mol. The lowest BCUT2D eigenvalue weighted by atomic mass is 10.2. The zero-order valence-corrected chi connectivity index (χ0v) is 12.6. The summed E-state index contributed by atoms with van der Waals surface area (Å²) in [6.45, 7) is 6.35. The highest BCUT2D eigenvalue weighted by Crippen LogP contribution is 2.29. The molecule has 0 radical (unpaired) electrons. The maximum atomic E-state index is 6.13. The summed E-state index contributed by atoms with van der Waals surface area (Å²) in [5.74, 6) is 0. The van der Waals surface area contributed by atoms with Crippen LogP contribution in [0.25, 0.3) is 10.2 Å². The maximum absolute atomic E-state index is 6.13. The fourth-order valence-corrected chi connectivity index (χ4v) is 2.70. The fraction of sp³-hybridized carbons (Fsp3) is 0.500. The molecular formula is C14H22N4S. The molecule has 4 nitrogen and oxygen atoms in total. The zero-order valence-electron chi connectivity index (χ0n) is 11.8. The third-order valence-electron chi connectivity index (χ3n) is 3.66. The SMILES string of the molecule is CCC(C)N(C)CCNc1ccc2scnc2c1N. The van der Waals surface area contributed by atoms with Gasteiger partial charge >= 0.3 is 0 Å². The summed E-state index contributed by atoms with van der Waals surface area (Å²) in [5, 5.41) is 3.40. The van der Waals surface area contributed by atoms with Gasteiger partial charge in [0.05, 0.1) is 21.6 Å². The van der Waals surface area contributed by atoms with Crippen molar-refractivity contribution in [1.29, 1.82) is 0 Å². The van der Waals surface area contributed by atoms with E-state index in [1.165, 1.54) is 6.42 Å². The summed E-state index contributed by atoms with van der Waals surface area (Å²) in [7, 11) is 2.16. The van der Waals surface area contributed by atoms with Gasteiger partial charge in [0, 0.05) is 19.1 Å². The number of nitrogen functional groups attached to an aromatic ring is 1. The van der Waals surface area contributed by atoms with Crippen LogP contribution in [0.2, 0.25) is 0 Å². The van der Waals surface area contributed by atoms with Crippen LogP contribution in [0.5, 0.6) is 0 Å². The van der Waals surface area contributed by atoms with Gasteiger partial charge in [-0.15, -0.1) is 11.3 Å². The molecule has 2 aromatic rings. The van der Waals surface area contributed by atoms with E-state index in [1.807, 2.05) is 11.6 Å². The highest BCUT2D eigenvalue weighted by Gasteiger charge is 2.08. The monoisotopic (exact) mass is 278 g/mol. The summed E-state index contributed by atoms with van der Waals surface area (Å²) in [5.41, 5.74) is 10.6. The van der Waals surface area contributed by atoms with Crippen molar-refractivity contribution >= 4 is 32.9 Å². The van der Waals surface area contributed by atoms with Gasteiger partial charge in [-0.25, -0.2) is 4.98 Å². The molecule has 19 heavy (non-hydrogen) atoms. The molecule has 1 aromatic carbocycles. The van der Waals surface area contributed by atoms with Gasteiger partial charge in [-0.3, -0.25) is 0 Å². The lowest BCUT2D eigenvalue weighted by Gasteiger charge is -2.23. The quantitative estimate of drug-likeness (QED) is 0.798. The van der Waals surface area contributed by atoms with E-state index >= 15 is 0 Å². The Morgan fingerprint density at radius 1 is 1.47 bits per heavy atom. The third-order valence-corrected chi connectivity index (χ3v) is 4.46. The van der Waals surface area contributed by atoms with Crippen molar-refractivity contribution in [2.75, 3.05) is 31.2 Å². The van der Waals surface area contributed by atoms with Crippen LogP contribution < -0.4 is 11.1 Å². The van der Waals surface area contributed by atoms with Crippen LogP contribution in [-0.4, -0.2) is 36.1 Å². The van der Waals surface area contributed by atoms with Crippen molar-refractivity contribution in [3.8, 4) is 0 Å². The van der Waals surface area contributed by atoms with E-state index in [2.05, 4.69) is 42.2 Å². The Balaban J connectivity index is 1.96. The van der Waals surface area contributed by atoms with Gasteiger partial charge in [0.1, 0.15) is 5.52 Å². The van der Waals surface area contributed by atoms with Crippen LogP contribution in [0.1, 0.15) is 20.3 Å². The lowest BCUT2D eigenvalue weighted by molar-refractivity contribution is 0.261. The van der Waals surface area contributed by atoms with Crippen LogP contribution in [0.15, 0.2) is 17.6 Å². The Labute approximate surface area is 118 Å². The molecule has 0 bridgehead atoms. The molecule has 1 heterocycles. The molecule has 0 aliphatic carbocycles. The van der Waals surface area contributed by atoms with Crippen LogP contribution in [0, 0.1) is 0 Å². The zero-order chi connectivity index (χ0) is 13.8. The number of hydrogen-bond acceptors (Lipinski definition) is 5. The molecule has 0 aliphatic heterocycles. The van der Waals surface area contributed by atoms with Crippen molar-refractivity contribution < 1.29 is 0 Å². The minimum atomic E-state index is 0.611. The van der Waals surface area contributed by atoms with Crippen LogP contribution >= 0.6 is 11.3 Å². The molecule has 5 heteroatoms. The molecule has 0 amide bonds. The minimum absolute atomic E-state index is 0.611. The minimum Gasteiger partial charge on any atom is -0.395 e. The first-order chi connectivity index (χ1) is 9.13. The number of likely N-dealkylation sites (N-methyl/N-ethyl adjacent to an activating group) is 1. The van der Waals surface area contributed by atoms with Crippen molar-refractivity contribution in [3.63, 3.8) is 0 Å². The lowest BCUT2D eigenvalue weighted by Crippen LogP contribution is -2.32. The number of nitrogens with zero attached hydrogens (tertiary/aromatic N) is 2. The third kappa shape index (κ3) is 3.16. The molecule has 1 atom stereocenters. The summed E-state index contributed by atoms with van der Waals surface area (Å²) in [4.78, 5) is 6.66. The Kier molecular flexibility index (Phi) is 4.61. The van der Waals surface area contributed by atoms with Gasteiger partial charge in [-0.1, -0.05) is 6.92 Å². The van der Waals surface area contributed by atoms with Gasteiger partial charge in [-0.2, -0.15) is 0 Å². The molecule has 0 saturated heterocycles. The van der Waals surface area contributed by atoms with Crippen LogP contribution in [0.3, 0.4) is 0 Å². The Morgan fingerprint density at radius 2 is 2.26 bits per heavy atom. The van der Waals surface area contributed by atoms with E-state index in [0.29, 0.717) is 6.04 Å². The summed E-state index contributed by atoms with van der Waals surface area (Å²) >= 11 is 1.62. The molecule has 2 rings (SSSR count). The average Bonchev–Trinajstić information content (AvgIpc) is 2.89. The second-order valence-electron chi connectivity index (χ2n) is 4.89. The Bertz CT molecular complexity index is 537. The van der Waals surface area contributed by atoms with Gasteiger partial charge in [0.2, 0.25) is 0 Å². The molecule has 0 saturated carbocycles. The second-order valence-corrected chi connectivity index (χ2v) is 5.78. The predicted octanol–water partition coefficient (Wildman–Crippen LogP) is 3.02. The van der Waals surface area contributed by atoms with Gasteiger partial charge in [0.15, 0.2) is 0 Å². The highest BCUT2D eigenvalue weighted by molar-refractivity contribution is 7.16. The van der Waals surface area contributed by atoms with Crippen molar-refractivity contribution in [3.05, 3.63) is 17.6 Å². The number of aromatic nitrogens is 1. The van der Waals surface area contributed by atoms with Gasteiger partial charge < -0.3 is 16.0 Å². The first kappa shape index (κ1) is 14.1. The standard InChI is InChI=1S/C14H22N4S/c1-4-10(2)18(3)8-7-16-11-5-6-12-14(13(11)15)17-9-19-12/h5-6,9-10,16H,4,7-8,15H2,1-3H3. The van der Waals surface area contributed by atoms with E-state index < -0.39 is 0 Å². The van der Waals surface area contributed by atoms with Crippen molar-refractivity contribution in [1.82, 2.24) is 9.88 Å². The molecule has 104 valence electrons. The second kappa shape index (κ2) is 6.21. The Morgan fingerprint density at radius 3 is 3.00 bits per heavy atom. The van der Waals surface area contributed by atoms with Gasteiger partial charge in [0.25, 0.3) is 0 Å². The number of benzene rings is 1. The van der Waals surface area contributed by atoms with Crippen molar-refractivity contribution in [2.24, 2.45) is 0 Å². The normalized spacial score (nSPS) is 13.1. The molecule has 0 fully saturated rings. The molecule has 1 unspecified atom stereocenters.